The normalized spacial score (nSPS) is 18.2. The van der Waals surface area contributed by atoms with Gasteiger partial charge in [0.2, 0.25) is 10.0 Å². The zero-order chi connectivity index (χ0) is 20.5. The van der Waals surface area contributed by atoms with Crippen LogP contribution >= 0.6 is 23.2 Å². The SMILES string of the molecule is CCOc1c(C)cc(S(=O)(=O)N2CCOC(c3cc(Cl)cc(Cl)c3)C2)cc1C. The van der Waals surface area contributed by atoms with Crippen molar-refractivity contribution in [2.24, 2.45) is 0 Å². The molecule has 0 radical (unpaired) electrons. The fourth-order valence-corrected chi connectivity index (χ4v) is 5.53. The molecular formula is C20H23Cl2NO4S. The molecule has 8 heteroatoms. The maximum atomic E-state index is 13.2. The van der Waals surface area contributed by atoms with E-state index >= 15 is 0 Å². The van der Waals surface area contributed by atoms with Gasteiger partial charge in [-0.1, -0.05) is 23.2 Å². The number of nitrogens with zero attached hydrogens (tertiary/aromatic N) is 1. The average molecular weight is 444 g/mol. The molecule has 0 spiro atoms. The lowest BCUT2D eigenvalue weighted by molar-refractivity contribution is -0.00254. The zero-order valence-electron chi connectivity index (χ0n) is 16.0. The van der Waals surface area contributed by atoms with E-state index in [1.54, 1.807) is 30.3 Å². The van der Waals surface area contributed by atoms with E-state index in [0.29, 0.717) is 29.8 Å². The highest BCUT2D eigenvalue weighted by Gasteiger charge is 2.32. The summed E-state index contributed by atoms with van der Waals surface area (Å²) >= 11 is 12.2. The monoisotopic (exact) mass is 443 g/mol. The van der Waals surface area contributed by atoms with Gasteiger partial charge < -0.3 is 9.47 Å². The van der Waals surface area contributed by atoms with E-state index in [9.17, 15) is 8.42 Å². The lowest BCUT2D eigenvalue weighted by Gasteiger charge is -2.32. The molecule has 0 aliphatic carbocycles. The molecule has 2 aromatic carbocycles. The van der Waals surface area contributed by atoms with E-state index in [2.05, 4.69) is 0 Å². The number of hydrogen-bond donors (Lipinski definition) is 0. The van der Waals surface area contributed by atoms with Gasteiger partial charge in [0, 0.05) is 23.1 Å². The highest BCUT2D eigenvalue weighted by atomic mass is 35.5. The largest absolute Gasteiger partial charge is 0.493 e. The molecule has 1 atom stereocenters. The molecule has 0 amide bonds. The Balaban J connectivity index is 1.89. The molecule has 0 bridgehead atoms. The first-order chi connectivity index (χ1) is 13.2. The van der Waals surface area contributed by atoms with Crippen molar-refractivity contribution in [2.45, 2.75) is 31.8 Å². The highest BCUT2D eigenvalue weighted by molar-refractivity contribution is 7.89. The smallest absolute Gasteiger partial charge is 0.243 e. The molecule has 1 aliphatic rings. The summed E-state index contributed by atoms with van der Waals surface area (Å²) in [4.78, 5) is 0.260. The first-order valence-electron chi connectivity index (χ1n) is 9.04. The molecule has 2 aromatic rings. The van der Waals surface area contributed by atoms with Crippen molar-refractivity contribution < 1.29 is 17.9 Å². The number of benzene rings is 2. The molecule has 0 saturated carbocycles. The third-order valence-corrected chi connectivity index (χ3v) is 6.93. The highest BCUT2D eigenvalue weighted by Crippen LogP contribution is 2.32. The van der Waals surface area contributed by atoms with Gasteiger partial charge >= 0.3 is 0 Å². The van der Waals surface area contributed by atoms with Gasteiger partial charge in [0.15, 0.2) is 0 Å². The van der Waals surface area contributed by atoms with E-state index in [1.165, 1.54) is 4.31 Å². The molecule has 1 saturated heterocycles. The Labute approximate surface area is 176 Å². The van der Waals surface area contributed by atoms with Crippen molar-refractivity contribution in [3.8, 4) is 5.75 Å². The van der Waals surface area contributed by atoms with Crippen LogP contribution in [0.25, 0.3) is 0 Å². The second kappa shape index (κ2) is 8.59. The van der Waals surface area contributed by atoms with E-state index in [1.807, 2.05) is 20.8 Å². The summed E-state index contributed by atoms with van der Waals surface area (Å²) in [6, 6.07) is 8.45. The maximum absolute atomic E-state index is 13.2. The lowest BCUT2D eigenvalue weighted by Crippen LogP contribution is -2.42. The first-order valence-corrected chi connectivity index (χ1v) is 11.2. The molecule has 0 aromatic heterocycles. The lowest BCUT2D eigenvalue weighted by atomic mass is 10.1. The van der Waals surface area contributed by atoms with Crippen LogP contribution in [0.15, 0.2) is 35.2 Å². The van der Waals surface area contributed by atoms with Crippen LogP contribution in [-0.4, -0.2) is 39.0 Å². The summed E-state index contributed by atoms with van der Waals surface area (Å²) < 4.78 is 39.4. The van der Waals surface area contributed by atoms with Gasteiger partial charge in [-0.3, -0.25) is 0 Å². The summed E-state index contributed by atoms with van der Waals surface area (Å²) in [6.07, 6.45) is -0.426. The van der Waals surface area contributed by atoms with Gasteiger partial charge in [0.25, 0.3) is 0 Å². The Morgan fingerprint density at radius 3 is 2.29 bits per heavy atom. The van der Waals surface area contributed by atoms with Crippen LogP contribution in [0.2, 0.25) is 10.0 Å². The molecular weight excluding hydrogens is 421 g/mol. The van der Waals surface area contributed by atoms with Crippen molar-refractivity contribution in [1.82, 2.24) is 4.31 Å². The maximum Gasteiger partial charge on any atom is 0.243 e. The second-order valence-electron chi connectivity index (χ2n) is 6.74. The zero-order valence-corrected chi connectivity index (χ0v) is 18.4. The summed E-state index contributed by atoms with van der Waals surface area (Å²) in [5.41, 5.74) is 2.36. The Kier molecular flexibility index (Phi) is 6.57. The molecule has 3 rings (SSSR count). The third-order valence-electron chi connectivity index (χ3n) is 4.65. The van der Waals surface area contributed by atoms with E-state index < -0.39 is 16.1 Å². The topological polar surface area (TPSA) is 55.8 Å². The van der Waals surface area contributed by atoms with Crippen molar-refractivity contribution >= 4 is 33.2 Å². The first kappa shape index (κ1) is 21.4. The van der Waals surface area contributed by atoms with Crippen LogP contribution in [0.4, 0.5) is 0 Å². The molecule has 0 N–H and O–H groups in total. The van der Waals surface area contributed by atoms with Gasteiger partial charge in [-0.05, 0) is 67.8 Å². The Hall–Kier alpha value is -1.31. The minimum absolute atomic E-state index is 0.199. The van der Waals surface area contributed by atoms with Crippen molar-refractivity contribution in [1.29, 1.82) is 0 Å². The van der Waals surface area contributed by atoms with E-state index in [0.717, 1.165) is 22.4 Å². The van der Waals surface area contributed by atoms with Gasteiger partial charge in [-0.2, -0.15) is 4.31 Å². The molecule has 5 nitrogen and oxygen atoms in total. The van der Waals surface area contributed by atoms with Crippen LogP contribution in [0.5, 0.6) is 5.75 Å². The van der Waals surface area contributed by atoms with Crippen molar-refractivity contribution in [2.75, 3.05) is 26.3 Å². The Bertz CT molecular complexity index is 935. The van der Waals surface area contributed by atoms with Crippen molar-refractivity contribution in [3.05, 3.63) is 57.1 Å². The van der Waals surface area contributed by atoms with Gasteiger partial charge in [-0.25, -0.2) is 8.42 Å². The predicted molar refractivity (Wildman–Crippen MR) is 111 cm³/mol. The molecule has 1 aliphatic heterocycles. The fraction of sp³-hybridized carbons (Fsp3) is 0.400. The van der Waals surface area contributed by atoms with E-state index in [-0.39, 0.29) is 11.4 Å². The summed E-state index contributed by atoms with van der Waals surface area (Å²) in [5.74, 6) is 0.731. The minimum Gasteiger partial charge on any atom is -0.493 e. The van der Waals surface area contributed by atoms with Gasteiger partial charge in [-0.15, -0.1) is 0 Å². The number of ether oxygens (including phenoxy) is 2. The van der Waals surface area contributed by atoms with Crippen LogP contribution in [0.1, 0.15) is 29.7 Å². The summed E-state index contributed by atoms with van der Waals surface area (Å²) in [7, 11) is -3.67. The molecule has 1 fully saturated rings. The van der Waals surface area contributed by atoms with Crippen LogP contribution in [0.3, 0.4) is 0 Å². The van der Waals surface area contributed by atoms with E-state index in [4.69, 9.17) is 32.7 Å². The second-order valence-corrected chi connectivity index (χ2v) is 9.56. The number of rotatable bonds is 5. The number of hydrogen-bond acceptors (Lipinski definition) is 4. The molecule has 1 heterocycles. The van der Waals surface area contributed by atoms with Gasteiger partial charge in [0.1, 0.15) is 5.75 Å². The minimum atomic E-state index is -3.67. The standard InChI is InChI=1S/C20H23Cl2NO4S/c1-4-26-20-13(2)7-18(8-14(20)3)28(24,25)23-5-6-27-19(12-23)15-9-16(21)11-17(22)10-15/h7-11,19H,4-6,12H2,1-3H3. The number of sulfonamides is 1. The number of morpholine rings is 1. The molecule has 28 heavy (non-hydrogen) atoms. The average Bonchev–Trinajstić information content (AvgIpc) is 2.64. The number of aryl methyl sites for hydroxylation is 2. The van der Waals surface area contributed by atoms with Crippen molar-refractivity contribution in [3.63, 3.8) is 0 Å². The van der Waals surface area contributed by atoms with Crippen LogP contribution in [0, 0.1) is 13.8 Å². The fourth-order valence-electron chi connectivity index (χ4n) is 3.39. The number of halogens is 2. The molecule has 152 valence electrons. The van der Waals surface area contributed by atoms with Gasteiger partial charge in [0.05, 0.1) is 24.2 Å². The van der Waals surface area contributed by atoms with Crippen LogP contribution < -0.4 is 4.74 Å². The van der Waals surface area contributed by atoms with Crippen LogP contribution in [-0.2, 0) is 14.8 Å². The Morgan fingerprint density at radius 1 is 1.11 bits per heavy atom. The third kappa shape index (κ3) is 4.47. The quantitative estimate of drug-likeness (QED) is 0.667. The summed E-state index contributed by atoms with van der Waals surface area (Å²) in [6.45, 7) is 6.92. The Morgan fingerprint density at radius 2 is 1.71 bits per heavy atom. The summed E-state index contributed by atoms with van der Waals surface area (Å²) in [5, 5.41) is 0.979. The molecule has 1 unspecified atom stereocenters. The predicted octanol–water partition coefficient (Wildman–Crippen LogP) is 4.77.